The minimum atomic E-state index is -0.116. The van der Waals surface area contributed by atoms with Gasteiger partial charge in [-0.15, -0.1) is 0 Å². The molecule has 18 heavy (non-hydrogen) atoms. The standard InChI is InChI=1S/C13H16N4O/c14-6-10-17-8-4-11(5-9-17)16-13(18)12-3-1-2-7-15-12/h1-3,7,11H,4-5,8-10H2,(H,16,18). The summed E-state index contributed by atoms with van der Waals surface area (Å²) in [4.78, 5) is 18.0. The first-order valence-corrected chi connectivity index (χ1v) is 6.11. The smallest absolute Gasteiger partial charge is 0.270 e. The number of nitriles is 1. The van der Waals surface area contributed by atoms with Crippen LogP contribution in [0.4, 0.5) is 0 Å². The molecule has 1 aliphatic heterocycles. The van der Waals surface area contributed by atoms with E-state index in [1.807, 2.05) is 0 Å². The fraction of sp³-hybridized carbons (Fsp3) is 0.462. The second-order valence-electron chi connectivity index (χ2n) is 4.40. The fourth-order valence-corrected chi connectivity index (χ4v) is 2.09. The summed E-state index contributed by atoms with van der Waals surface area (Å²) < 4.78 is 0. The molecule has 2 rings (SSSR count). The number of hydrogen-bond acceptors (Lipinski definition) is 4. The molecule has 1 saturated heterocycles. The van der Waals surface area contributed by atoms with Gasteiger partial charge >= 0.3 is 0 Å². The van der Waals surface area contributed by atoms with Crippen molar-refractivity contribution < 1.29 is 4.79 Å². The number of carbonyl (C=O) groups is 1. The molecular weight excluding hydrogens is 228 g/mol. The molecule has 1 fully saturated rings. The van der Waals surface area contributed by atoms with Crippen molar-refractivity contribution in [3.05, 3.63) is 30.1 Å². The van der Waals surface area contributed by atoms with E-state index in [4.69, 9.17) is 5.26 Å². The molecule has 0 unspecified atom stereocenters. The normalized spacial score (nSPS) is 17.1. The lowest BCUT2D eigenvalue weighted by molar-refractivity contribution is 0.0909. The third-order valence-electron chi connectivity index (χ3n) is 3.11. The number of piperidine rings is 1. The molecule has 1 aromatic heterocycles. The van der Waals surface area contributed by atoms with Crippen molar-refractivity contribution in [1.29, 1.82) is 5.26 Å². The van der Waals surface area contributed by atoms with E-state index in [-0.39, 0.29) is 11.9 Å². The van der Waals surface area contributed by atoms with Crippen LogP contribution < -0.4 is 5.32 Å². The van der Waals surface area contributed by atoms with Crippen molar-refractivity contribution in [2.45, 2.75) is 18.9 Å². The molecule has 5 nitrogen and oxygen atoms in total. The average molecular weight is 244 g/mol. The van der Waals surface area contributed by atoms with Crippen molar-refractivity contribution in [1.82, 2.24) is 15.2 Å². The van der Waals surface area contributed by atoms with Crippen LogP contribution in [-0.4, -0.2) is 41.5 Å². The van der Waals surface area contributed by atoms with Crippen LogP contribution >= 0.6 is 0 Å². The predicted molar refractivity (Wildman–Crippen MR) is 66.8 cm³/mol. The quantitative estimate of drug-likeness (QED) is 0.798. The van der Waals surface area contributed by atoms with Gasteiger partial charge in [0.1, 0.15) is 5.69 Å². The minimum Gasteiger partial charge on any atom is -0.348 e. The Hall–Kier alpha value is -1.93. The van der Waals surface area contributed by atoms with E-state index in [0.717, 1.165) is 25.9 Å². The predicted octanol–water partition coefficient (Wildman–Crippen LogP) is 0.799. The molecule has 1 aromatic rings. The SMILES string of the molecule is N#CCN1CCC(NC(=O)c2ccccn2)CC1. The van der Waals surface area contributed by atoms with Crippen molar-refractivity contribution in [2.75, 3.05) is 19.6 Å². The van der Waals surface area contributed by atoms with Crippen LogP contribution in [0.3, 0.4) is 0 Å². The summed E-state index contributed by atoms with van der Waals surface area (Å²) in [5.74, 6) is -0.116. The van der Waals surface area contributed by atoms with Crippen molar-refractivity contribution in [3.8, 4) is 6.07 Å². The second kappa shape index (κ2) is 6.12. The third-order valence-corrected chi connectivity index (χ3v) is 3.11. The number of pyridine rings is 1. The van der Waals surface area contributed by atoms with Crippen LogP contribution in [0.1, 0.15) is 23.3 Å². The number of likely N-dealkylation sites (tertiary alicyclic amines) is 1. The highest BCUT2D eigenvalue weighted by Crippen LogP contribution is 2.10. The molecule has 0 spiro atoms. The van der Waals surface area contributed by atoms with Gasteiger partial charge in [0.15, 0.2) is 0 Å². The number of hydrogen-bond donors (Lipinski definition) is 1. The molecule has 0 aliphatic carbocycles. The molecule has 1 amide bonds. The van der Waals surface area contributed by atoms with Crippen LogP contribution in [-0.2, 0) is 0 Å². The number of aromatic nitrogens is 1. The summed E-state index contributed by atoms with van der Waals surface area (Å²) in [5.41, 5.74) is 0.456. The maximum absolute atomic E-state index is 11.9. The second-order valence-corrected chi connectivity index (χ2v) is 4.40. The lowest BCUT2D eigenvalue weighted by Gasteiger charge is -2.30. The Bertz CT molecular complexity index is 432. The third kappa shape index (κ3) is 3.28. The average Bonchev–Trinajstić information content (AvgIpc) is 2.42. The molecule has 2 heterocycles. The van der Waals surface area contributed by atoms with Crippen molar-refractivity contribution >= 4 is 5.91 Å². The fourth-order valence-electron chi connectivity index (χ4n) is 2.09. The summed E-state index contributed by atoms with van der Waals surface area (Å²) in [6, 6.07) is 7.64. The van der Waals surface area contributed by atoms with E-state index in [1.165, 1.54) is 0 Å². The van der Waals surface area contributed by atoms with Crippen molar-refractivity contribution in [3.63, 3.8) is 0 Å². The van der Waals surface area contributed by atoms with Gasteiger partial charge in [-0.3, -0.25) is 14.7 Å². The monoisotopic (exact) mass is 244 g/mol. The van der Waals surface area contributed by atoms with Gasteiger partial charge < -0.3 is 5.32 Å². The van der Waals surface area contributed by atoms with Crippen LogP contribution in [0, 0.1) is 11.3 Å². The maximum atomic E-state index is 11.9. The Morgan fingerprint density at radius 3 is 2.89 bits per heavy atom. The van der Waals surface area contributed by atoms with E-state index in [1.54, 1.807) is 24.4 Å². The van der Waals surface area contributed by atoms with E-state index in [2.05, 4.69) is 21.3 Å². The molecule has 0 saturated carbocycles. The first-order valence-electron chi connectivity index (χ1n) is 6.11. The Labute approximate surface area is 106 Å². The zero-order valence-electron chi connectivity index (χ0n) is 10.2. The van der Waals surface area contributed by atoms with Crippen LogP contribution in [0.25, 0.3) is 0 Å². The number of nitrogens with one attached hydrogen (secondary N) is 1. The molecule has 1 aliphatic rings. The van der Waals surface area contributed by atoms with Gasteiger partial charge in [-0.2, -0.15) is 5.26 Å². The maximum Gasteiger partial charge on any atom is 0.270 e. The molecule has 0 aromatic carbocycles. The molecular formula is C13H16N4O. The van der Waals surface area contributed by atoms with Crippen molar-refractivity contribution in [2.24, 2.45) is 0 Å². The number of nitrogens with zero attached hydrogens (tertiary/aromatic N) is 3. The molecule has 94 valence electrons. The molecule has 5 heteroatoms. The molecule has 1 N–H and O–H groups in total. The summed E-state index contributed by atoms with van der Waals surface area (Å²) >= 11 is 0. The summed E-state index contributed by atoms with van der Waals surface area (Å²) in [6.07, 6.45) is 3.39. The van der Waals surface area contributed by atoms with E-state index in [9.17, 15) is 4.79 Å². The lowest BCUT2D eigenvalue weighted by Crippen LogP contribution is -2.44. The van der Waals surface area contributed by atoms with Gasteiger partial charge in [0.05, 0.1) is 12.6 Å². The minimum absolute atomic E-state index is 0.116. The summed E-state index contributed by atoms with van der Waals surface area (Å²) in [5, 5.41) is 11.6. The van der Waals surface area contributed by atoms with Crippen LogP contribution in [0.15, 0.2) is 24.4 Å². The van der Waals surface area contributed by atoms with Gasteiger partial charge in [-0.05, 0) is 25.0 Å². The number of carbonyl (C=O) groups excluding carboxylic acids is 1. The zero-order chi connectivity index (χ0) is 12.8. The van der Waals surface area contributed by atoms with Crippen LogP contribution in [0.2, 0.25) is 0 Å². The summed E-state index contributed by atoms with van der Waals surface area (Å²) in [6.45, 7) is 2.20. The largest absolute Gasteiger partial charge is 0.348 e. The highest BCUT2D eigenvalue weighted by Gasteiger charge is 2.20. The van der Waals surface area contributed by atoms with Gasteiger partial charge in [-0.1, -0.05) is 6.07 Å². The van der Waals surface area contributed by atoms with E-state index >= 15 is 0 Å². The number of rotatable bonds is 3. The Morgan fingerprint density at radius 2 is 2.28 bits per heavy atom. The lowest BCUT2D eigenvalue weighted by atomic mass is 10.0. The highest BCUT2D eigenvalue weighted by atomic mass is 16.1. The van der Waals surface area contributed by atoms with Crippen LogP contribution in [0.5, 0.6) is 0 Å². The molecule has 0 radical (unpaired) electrons. The van der Waals surface area contributed by atoms with Gasteiger partial charge in [-0.25, -0.2) is 0 Å². The highest BCUT2D eigenvalue weighted by molar-refractivity contribution is 5.92. The Kier molecular flexibility index (Phi) is 4.26. The number of amides is 1. The molecule has 0 atom stereocenters. The summed E-state index contributed by atoms with van der Waals surface area (Å²) in [7, 11) is 0. The van der Waals surface area contributed by atoms with Gasteiger partial charge in [0.25, 0.3) is 5.91 Å². The molecule has 0 bridgehead atoms. The van der Waals surface area contributed by atoms with Gasteiger partial charge in [0.2, 0.25) is 0 Å². The topological polar surface area (TPSA) is 69.0 Å². The van der Waals surface area contributed by atoms with E-state index in [0.29, 0.717) is 12.2 Å². The van der Waals surface area contributed by atoms with E-state index < -0.39 is 0 Å². The first kappa shape index (κ1) is 12.5. The Balaban J connectivity index is 1.82. The zero-order valence-corrected chi connectivity index (χ0v) is 10.2. The Morgan fingerprint density at radius 1 is 1.50 bits per heavy atom. The van der Waals surface area contributed by atoms with Gasteiger partial charge in [0, 0.05) is 25.3 Å². The first-order chi connectivity index (χ1) is 8.79.